The number of allylic oxidation sites excluding steroid dienone is 3. The standard InChI is InChI=1S/C25H42O2Si/c1-7-10-20(4)17-24-14-15-26-25(24)19-22(27-28(5,6)16-9-3)12-13-23(25)21(18-24)11-8-2/h7-9,20-23H,1-3,10-19H2,4-6H3/t20-,21-,22-,23-,24-,25-/m1/s1. The van der Waals surface area contributed by atoms with Crippen molar-refractivity contribution in [1.29, 1.82) is 0 Å². The Kier molecular flexibility index (Phi) is 6.78. The van der Waals surface area contributed by atoms with E-state index in [2.05, 4.69) is 51.9 Å². The Hall–Kier alpha value is -0.643. The fourth-order valence-corrected chi connectivity index (χ4v) is 8.99. The molecule has 28 heavy (non-hydrogen) atoms. The van der Waals surface area contributed by atoms with Crippen molar-refractivity contribution < 1.29 is 9.16 Å². The first kappa shape index (κ1) is 22.1. The largest absolute Gasteiger partial charge is 0.414 e. The van der Waals surface area contributed by atoms with E-state index in [1.54, 1.807) is 0 Å². The van der Waals surface area contributed by atoms with Crippen molar-refractivity contribution in [3.63, 3.8) is 0 Å². The third-order valence-electron chi connectivity index (χ3n) is 7.89. The van der Waals surface area contributed by atoms with Crippen LogP contribution in [0.4, 0.5) is 0 Å². The molecule has 2 aliphatic carbocycles. The second-order valence-electron chi connectivity index (χ2n) is 10.5. The lowest BCUT2D eigenvalue weighted by atomic mass is 9.61. The van der Waals surface area contributed by atoms with Crippen molar-refractivity contribution in [2.24, 2.45) is 23.2 Å². The Bertz CT molecular complexity index is 585. The van der Waals surface area contributed by atoms with Gasteiger partial charge in [-0.3, -0.25) is 0 Å². The van der Waals surface area contributed by atoms with Crippen LogP contribution < -0.4 is 0 Å². The molecular weight excluding hydrogens is 360 g/mol. The van der Waals surface area contributed by atoms with E-state index in [0.29, 0.717) is 23.4 Å². The molecule has 2 saturated carbocycles. The third-order valence-corrected chi connectivity index (χ3v) is 10.1. The van der Waals surface area contributed by atoms with Crippen molar-refractivity contribution in [3.8, 4) is 0 Å². The Balaban J connectivity index is 1.87. The predicted molar refractivity (Wildman–Crippen MR) is 122 cm³/mol. The fourth-order valence-electron chi connectivity index (χ4n) is 7.10. The molecule has 3 rings (SSSR count). The van der Waals surface area contributed by atoms with Gasteiger partial charge < -0.3 is 9.16 Å². The van der Waals surface area contributed by atoms with Gasteiger partial charge in [0.2, 0.25) is 0 Å². The maximum absolute atomic E-state index is 6.79. The normalized spacial score (nSPS) is 38.5. The summed E-state index contributed by atoms with van der Waals surface area (Å²) in [5.41, 5.74) is 0.345. The van der Waals surface area contributed by atoms with Gasteiger partial charge in [-0.1, -0.05) is 25.2 Å². The van der Waals surface area contributed by atoms with Crippen LogP contribution in [0.5, 0.6) is 0 Å². The summed E-state index contributed by atoms with van der Waals surface area (Å²) in [5.74, 6) is 2.08. The average Bonchev–Trinajstić information content (AvgIpc) is 3.03. The van der Waals surface area contributed by atoms with Gasteiger partial charge in [0.05, 0.1) is 5.60 Å². The van der Waals surface area contributed by atoms with Crippen LogP contribution in [0, 0.1) is 23.2 Å². The number of hydrogen-bond acceptors (Lipinski definition) is 2. The van der Waals surface area contributed by atoms with Crippen molar-refractivity contribution in [3.05, 3.63) is 38.0 Å². The highest BCUT2D eigenvalue weighted by Crippen LogP contribution is 2.68. The molecule has 3 fully saturated rings. The van der Waals surface area contributed by atoms with Crippen LogP contribution in [0.15, 0.2) is 38.0 Å². The van der Waals surface area contributed by atoms with Crippen LogP contribution in [-0.4, -0.2) is 26.6 Å². The topological polar surface area (TPSA) is 18.5 Å². The molecule has 0 radical (unpaired) electrons. The summed E-state index contributed by atoms with van der Waals surface area (Å²) in [4.78, 5) is 0. The summed E-state index contributed by atoms with van der Waals surface area (Å²) in [6, 6.07) is 1.03. The highest BCUT2D eigenvalue weighted by molar-refractivity contribution is 6.71. The molecule has 2 nitrogen and oxygen atoms in total. The summed E-state index contributed by atoms with van der Waals surface area (Å²) < 4.78 is 13.6. The van der Waals surface area contributed by atoms with Gasteiger partial charge in [0.25, 0.3) is 0 Å². The highest BCUT2D eigenvalue weighted by Gasteiger charge is 2.68. The third kappa shape index (κ3) is 4.00. The second-order valence-corrected chi connectivity index (χ2v) is 14.6. The lowest BCUT2D eigenvalue weighted by Gasteiger charge is -2.50. The van der Waals surface area contributed by atoms with Gasteiger partial charge >= 0.3 is 0 Å². The maximum atomic E-state index is 6.79. The first-order valence-corrected chi connectivity index (χ1v) is 14.6. The summed E-state index contributed by atoms with van der Waals surface area (Å²) in [6.07, 6.45) is 16.2. The van der Waals surface area contributed by atoms with E-state index in [0.717, 1.165) is 37.8 Å². The van der Waals surface area contributed by atoms with E-state index >= 15 is 0 Å². The van der Waals surface area contributed by atoms with Gasteiger partial charge in [-0.25, -0.2) is 0 Å². The van der Waals surface area contributed by atoms with Crippen LogP contribution in [0.25, 0.3) is 0 Å². The van der Waals surface area contributed by atoms with Gasteiger partial charge in [0.1, 0.15) is 0 Å². The Labute approximate surface area is 174 Å². The van der Waals surface area contributed by atoms with Crippen LogP contribution in [-0.2, 0) is 9.16 Å². The summed E-state index contributed by atoms with van der Waals surface area (Å²) in [6.45, 7) is 20.0. The molecule has 3 heteroatoms. The zero-order valence-corrected chi connectivity index (χ0v) is 19.6. The van der Waals surface area contributed by atoms with Crippen LogP contribution in [0.1, 0.15) is 58.3 Å². The van der Waals surface area contributed by atoms with E-state index in [-0.39, 0.29) is 5.60 Å². The molecule has 0 aromatic rings. The molecule has 0 bridgehead atoms. The van der Waals surface area contributed by atoms with Crippen molar-refractivity contribution in [2.45, 2.75) is 89.1 Å². The molecular formula is C25H42O2Si. The van der Waals surface area contributed by atoms with Gasteiger partial charge in [-0.05, 0) is 81.8 Å². The maximum Gasteiger partial charge on any atom is 0.190 e. The molecule has 0 aromatic carbocycles. The highest BCUT2D eigenvalue weighted by atomic mass is 28.4. The second kappa shape index (κ2) is 8.61. The lowest BCUT2D eigenvalue weighted by Crippen LogP contribution is -2.53. The SMILES string of the molecule is C=CC[C@@H](C)C[C@@]12CCO[C@@]13C[C@H](O[Si](C)(C)CC=C)CC[C@@H]3[C@H](CC=C)C2. The Morgan fingerprint density at radius 3 is 2.61 bits per heavy atom. The predicted octanol–water partition coefficient (Wildman–Crippen LogP) is 6.91. The first-order chi connectivity index (χ1) is 13.3. The van der Waals surface area contributed by atoms with Gasteiger partial charge in [0, 0.05) is 24.5 Å². The van der Waals surface area contributed by atoms with Gasteiger partial charge in [-0.2, -0.15) is 0 Å². The van der Waals surface area contributed by atoms with E-state index in [1.165, 1.54) is 32.1 Å². The molecule has 158 valence electrons. The van der Waals surface area contributed by atoms with E-state index < -0.39 is 8.32 Å². The summed E-state index contributed by atoms with van der Waals surface area (Å²) >= 11 is 0. The molecule has 6 atom stereocenters. The fraction of sp³-hybridized carbons (Fsp3) is 0.760. The van der Waals surface area contributed by atoms with Crippen LogP contribution in [0.3, 0.4) is 0 Å². The monoisotopic (exact) mass is 402 g/mol. The summed E-state index contributed by atoms with van der Waals surface area (Å²) in [5, 5.41) is 0. The van der Waals surface area contributed by atoms with E-state index in [4.69, 9.17) is 9.16 Å². The average molecular weight is 403 g/mol. The van der Waals surface area contributed by atoms with Gasteiger partial charge in [0.15, 0.2) is 8.32 Å². The quantitative estimate of drug-likeness (QED) is 0.292. The van der Waals surface area contributed by atoms with E-state index in [9.17, 15) is 0 Å². The minimum absolute atomic E-state index is 0.0255. The number of hydrogen-bond donors (Lipinski definition) is 0. The molecule has 0 amide bonds. The Morgan fingerprint density at radius 2 is 1.93 bits per heavy atom. The molecule has 0 N–H and O–H groups in total. The smallest absolute Gasteiger partial charge is 0.190 e. The molecule has 3 aliphatic rings. The van der Waals surface area contributed by atoms with E-state index in [1.807, 2.05) is 6.08 Å². The molecule has 0 unspecified atom stereocenters. The molecule has 1 aliphatic heterocycles. The van der Waals surface area contributed by atoms with Crippen molar-refractivity contribution in [2.75, 3.05) is 6.61 Å². The van der Waals surface area contributed by atoms with Crippen LogP contribution in [0.2, 0.25) is 19.1 Å². The zero-order valence-electron chi connectivity index (χ0n) is 18.6. The van der Waals surface area contributed by atoms with Crippen molar-refractivity contribution >= 4 is 8.32 Å². The van der Waals surface area contributed by atoms with Crippen molar-refractivity contribution in [1.82, 2.24) is 0 Å². The first-order valence-electron chi connectivity index (χ1n) is 11.5. The number of ether oxygens (including phenoxy) is 1. The Morgan fingerprint density at radius 1 is 1.14 bits per heavy atom. The van der Waals surface area contributed by atoms with Crippen LogP contribution >= 0.6 is 0 Å². The minimum Gasteiger partial charge on any atom is -0.414 e. The molecule has 1 saturated heterocycles. The number of rotatable bonds is 10. The van der Waals surface area contributed by atoms with Gasteiger partial charge in [-0.15, -0.1) is 19.7 Å². The molecule has 0 aromatic heterocycles. The summed E-state index contributed by atoms with van der Waals surface area (Å²) in [7, 11) is -1.69. The lowest BCUT2D eigenvalue weighted by molar-refractivity contribution is -0.132. The molecule has 1 spiro atoms. The zero-order chi connectivity index (χ0) is 20.4. The molecule has 1 heterocycles. The minimum atomic E-state index is -1.69.